The average molecular weight is 186 g/mol. The van der Waals surface area contributed by atoms with Crippen LogP contribution in [-0.2, 0) is 0 Å². The van der Waals surface area contributed by atoms with E-state index >= 15 is 0 Å². The summed E-state index contributed by atoms with van der Waals surface area (Å²) in [5, 5.41) is 8.91. The number of nitrogens with two attached hydrogens (primary N) is 1. The number of hydrogen-bond donors (Lipinski definition) is 2. The van der Waals surface area contributed by atoms with E-state index in [0.29, 0.717) is 12.6 Å². The molecule has 3 heteroatoms. The summed E-state index contributed by atoms with van der Waals surface area (Å²) in [6, 6.07) is 0.685. The number of rotatable bonds is 5. The first-order valence-corrected chi connectivity index (χ1v) is 5.43. The van der Waals surface area contributed by atoms with E-state index < -0.39 is 0 Å². The molecule has 0 radical (unpaired) electrons. The van der Waals surface area contributed by atoms with Crippen LogP contribution in [-0.4, -0.2) is 42.3 Å². The lowest BCUT2D eigenvalue weighted by Crippen LogP contribution is -2.41. The maximum Gasteiger partial charge on any atom is 0.0558 e. The number of aliphatic hydroxyl groups is 1. The molecule has 0 heterocycles. The Hall–Kier alpha value is -0.120. The van der Waals surface area contributed by atoms with Crippen LogP contribution in [0.4, 0.5) is 0 Å². The number of aliphatic hydroxyl groups excluding tert-OH is 1. The lowest BCUT2D eigenvalue weighted by Gasteiger charge is -2.33. The van der Waals surface area contributed by atoms with E-state index in [1.54, 1.807) is 0 Å². The zero-order chi connectivity index (χ0) is 9.52. The molecule has 0 atom stereocenters. The predicted octanol–water partition coefficient (Wildman–Crippen LogP) is 0.572. The highest BCUT2D eigenvalue weighted by molar-refractivity contribution is 4.75. The fourth-order valence-corrected chi connectivity index (χ4v) is 2.22. The third kappa shape index (κ3) is 3.63. The fourth-order valence-electron chi connectivity index (χ4n) is 2.22. The Morgan fingerprint density at radius 2 is 1.85 bits per heavy atom. The van der Waals surface area contributed by atoms with Crippen LogP contribution in [0, 0.1) is 0 Å². The second kappa shape index (κ2) is 6.35. The molecule has 0 spiro atoms. The van der Waals surface area contributed by atoms with Crippen LogP contribution in [0.15, 0.2) is 0 Å². The minimum atomic E-state index is 0.260. The summed E-state index contributed by atoms with van der Waals surface area (Å²) in [5.41, 5.74) is 5.54. The van der Waals surface area contributed by atoms with Crippen LogP contribution in [0.25, 0.3) is 0 Å². The summed E-state index contributed by atoms with van der Waals surface area (Å²) < 4.78 is 0. The molecule has 1 rings (SSSR count). The summed E-state index contributed by atoms with van der Waals surface area (Å²) in [5.74, 6) is 0. The molecule has 0 aromatic rings. The molecule has 3 nitrogen and oxygen atoms in total. The monoisotopic (exact) mass is 186 g/mol. The van der Waals surface area contributed by atoms with E-state index in [2.05, 4.69) is 4.90 Å². The van der Waals surface area contributed by atoms with Gasteiger partial charge in [-0.15, -0.1) is 0 Å². The molecule has 1 fully saturated rings. The van der Waals surface area contributed by atoms with Gasteiger partial charge in [0, 0.05) is 25.7 Å². The van der Waals surface area contributed by atoms with Crippen LogP contribution in [0.5, 0.6) is 0 Å². The lowest BCUT2D eigenvalue weighted by atomic mass is 9.94. The van der Waals surface area contributed by atoms with Crippen molar-refractivity contribution in [1.82, 2.24) is 4.90 Å². The van der Waals surface area contributed by atoms with Gasteiger partial charge in [0.2, 0.25) is 0 Å². The van der Waals surface area contributed by atoms with Crippen molar-refractivity contribution >= 4 is 0 Å². The standard InChI is InChI=1S/C10H22N2O/c11-6-7-12(8-9-13)10-4-2-1-3-5-10/h10,13H,1-9,11H2. The van der Waals surface area contributed by atoms with Crippen molar-refractivity contribution in [3.63, 3.8) is 0 Å². The first-order chi connectivity index (χ1) is 6.38. The third-order valence-electron chi connectivity index (χ3n) is 2.89. The second-order valence-corrected chi connectivity index (χ2v) is 3.84. The van der Waals surface area contributed by atoms with Crippen LogP contribution in [0.2, 0.25) is 0 Å². The van der Waals surface area contributed by atoms with Gasteiger partial charge in [0.15, 0.2) is 0 Å². The summed E-state index contributed by atoms with van der Waals surface area (Å²) in [6.45, 7) is 2.69. The smallest absolute Gasteiger partial charge is 0.0558 e. The van der Waals surface area contributed by atoms with Gasteiger partial charge in [-0.05, 0) is 12.8 Å². The van der Waals surface area contributed by atoms with Crippen molar-refractivity contribution in [2.24, 2.45) is 5.73 Å². The van der Waals surface area contributed by atoms with Crippen molar-refractivity contribution in [2.75, 3.05) is 26.2 Å². The lowest BCUT2D eigenvalue weighted by molar-refractivity contribution is 0.127. The Morgan fingerprint density at radius 3 is 2.38 bits per heavy atom. The van der Waals surface area contributed by atoms with E-state index in [0.717, 1.165) is 13.1 Å². The summed E-state index contributed by atoms with van der Waals surface area (Å²) in [6.07, 6.45) is 6.65. The molecule has 1 saturated carbocycles. The van der Waals surface area contributed by atoms with Crippen molar-refractivity contribution in [2.45, 2.75) is 38.1 Å². The van der Waals surface area contributed by atoms with Crippen LogP contribution in [0.3, 0.4) is 0 Å². The van der Waals surface area contributed by atoms with E-state index in [9.17, 15) is 0 Å². The molecule has 0 unspecified atom stereocenters. The van der Waals surface area contributed by atoms with Gasteiger partial charge in [-0.1, -0.05) is 19.3 Å². The van der Waals surface area contributed by atoms with E-state index in [-0.39, 0.29) is 6.61 Å². The van der Waals surface area contributed by atoms with E-state index in [4.69, 9.17) is 10.8 Å². The minimum absolute atomic E-state index is 0.260. The molecule has 3 N–H and O–H groups in total. The Bertz CT molecular complexity index is 118. The van der Waals surface area contributed by atoms with Crippen molar-refractivity contribution in [3.8, 4) is 0 Å². The van der Waals surface area contributed by atoms with Crippen LogP contribution >= 0.6 is 0 Å². The molecule has 0 aromatic carbocycles. The van der Waals surface area contributed by atoms with Crippen LogP contribution < -0.4 is 5.73 Å². The molecule has 0 amide bonds. The number of nitrogens with zero attached hydrogens (tertiary/aromatic N) is 1. The van der Waals surface area contributed by atoms with Gasteiger partial charge < -0.3 is 10.8 Å². The van der Waals surface area contributed by atoms with Crippen LogP contribution in [0.1, 0.15) is 32.1 Å². The molecule has 13 heavy (non-hydrogen) atoms. The highest BCUT2D eigenvalue weighted by atomic mass is 16.3. The molecule has 78 valence electrons. The maximum absolute atomic E-state index is 8.91. The highest BCUT2D eigenvalue weighted by Gasteiger charge is 2.19. The topological polar surface area (TPSA) is 49.5 Å². The SMILES string of the molecule is NCCN(CCO)C1CCCCC1. The highest BCUT2D eigenvalue weighted by Crippen LogP contribution is 2.21. The Morgan fingerprint density at radius 1 is 1.15 bits per heavy atom. The zero-order valence-electron chi connectivity index (χ0n) is 8.41. The van der Waals surface area contributed by atoms with Gasteiger partial charge in [0.05, 0.1) is 6.61 Å². The van der Waals surface area contributed by atoms with Crippen molar-refractivity contribution < 1.29 is 5.11 Å². The molecular formula is C10H22N2O. The third-order valence-corrected chi connectivity index (χ3v) is 2.89. The fraction of sp³-hybridized carbons (Fsp3) is 1.00. The maximum atomic E-state index is 8.91. The first kappa shape index (κ1) is 11.0. The van der Waals surface area contributed by atoms with Crippen molar-refractivity contribution in [3.05, 3.63) is 0 Å². The summed E-state index contributed by atoms with van der Waals surface area (Å²) in [4.78, 5) is 2.35. The summed E-state index contributed by atoms with van der Waals surface area (Å²) in [7, 11) is 0. The molecule has 0 aromatic heterocycles. The number of hydrogen-bond acceptors (Lipinski definition) is 3. The second-order valence-electron chi connectivity index (χ2n) is 3.84. The Labute approximate surface area is 80.9 Å². The van der Waals surface area contributed by atoms with Gasteiger partial charge >= 0.3 is 0 Å². The van der Waals surface area contributed by atoms with Gasteiger partial charge in [-0.3, -0.25) is 4.90 Å². The molecule has 1 aliphatic rings. The minimum Gasteiger partial charge on any atom is -0.395 e. The zero-order valence-corrected chi connectivity index (χ0v) is 8.41. The molecular weight excluding hydrogens is 164 g/mol. The van der Waals surface area contributed by atoms with E-state index in [1.807, 2.05) is 0 Å². The van der Waals surface area contributed by atoms with Crippen molar-refractivity contribution in [1.29, 1.82) is 0 Å². The van der Waals surface area contributed by atoms with E-state index in [1.165, 1.54) is 32.1 Å². The largest absolute Gasteiger partial charge is 0.395 e. The normalized spacial score (nSPS) is 19.6. The molecule has 0 saturated heterocycles. The predicted molar refractivity (Wildman–Crippen MR) is 54.6 cm³/mol. The Balaban J connectivity index is 2.32. The van der Waals surface area contributed by atoms with Gasteiger partial charge in [-0.2, -0.15) is 0 Å². The van der Waals surface area contributed by atoms with Gasteiger partial charge in [0.25, 0.3) is 0 Å². The summed E-state index contributed by atoms with van der Waals surface area (Å²) >= 11 is 0. The molecule has 1 aliphatic carbocycles. The quantitative estimate of drug-likeness (QED) is 0.660. The van der Waals surface area contributed by atoms with Gasteiger partial charge in [0.1, 0.15) is 0 Å². The average Bonchev–Trinajstić information content (AvgIpc) is 2.19. The Kier molecular flexibility index (Phi) is 5.35. The van der Waals surface area contributed by atoms with Gasteiger partial charge in [-0.25, -0.2) is 0 Å². The molecule has 0 bridgehead atoms. The first-order valence-electron chi connectivity index (χ1n) is 5.43. The molecule has 0 aliphatic heterocycles.